The predicted molar refractivity (Wildman–Crippen MR) is 89.9 cm³/mol. The first-order chi connectivity index (χ1) is 11.2. The maximum atomic E-state index is 11.0. The molecule has 0 saturated heterocycles. The van der Waals surface area contributed by atoms with E-state index in [-0.39, 0.29) is 6.04 Å². The largest absolute Gasteiger partial charge is 0.493 e. The highest BCUT2D eigenvalue weighted by Gasteiger charge is 2.22. The number of benzene rings is 2. The smallest absolute Gasteiger partial charge is 0.405 e. The molecule has 2 aromatic rings. The van der Waals surface area contributed by atoms with E-state index in [9.17, 15) is 4.79 Å². The van der Waals surface area contributed by atoms with Gasteiger partial charge in [0.15, 0.2) is 0 Å². The van der Waals surface area contributed by atoms with Crippen molar-refractivity contribution in [2.24, 2.45) is 0 Å². The van der Waals surface area contributed by atoms with E-state index in [4.69, 9.17) is 9.84 Å². The van der Waals surface area contributed by atoms with E-state index < -0.39 is 6.09 Å². The van der Waals surface area contributed by atoms with Crippen LogP contribution in [0.2, 0.25) is 0 Å². The van der Waals surface area contributed by atoms with E-state index in [0.717, 1.165) is 41.7 Å². The van der Waals surface area contributed by atoms with Gasteiger partial charge in [0, 0.05) is 5.56 Å². The lowest BCUT2D eigenvalue weighted by atomic mass is 9.85. The number of ether oxygens (including phenoxy) is 1. The van der Waals surface area contributed by atoms with Crippen LogP contribution < -0.4 is 10.1 Å². The number of carboxylic acid groups (broad SMARTS) is 1. The molecule has 23 heavy (non-hydrogen) atoms. The number of carbonyl (C=O) groups is 1. The highest BCUT2D eigenvalue weighted by Crippen LogP contribution is 2.36. The average Bonchev–Trinajstić information content (AvgIpc) is 2.55. The Labute approximate surface area is 136 Å². The molecular formula is C19H21NO3. The summed E-state index contributed by atoms with van der Waals surface area (Å²) in [5.74, 6) is 0.855. The van der Waals surface area contributed by atoms with Gasteiger partial charge in [-0.2, -0.15) is 0 Å². The number of hydrogen-bond donors (Lipinski definition) is 2. The Hall–Kier alpha value is -2.49. The molecule has 2 aromatic carbocycles. The van der Waals surface area contributed by atoms with Gasteiger partial charge in [-0.1, -0.05) is 30.3 Å². The molecule has 0 saturated carbocycles. The minimum absolute atomic E-state index is 0.129. The molecule has 0 fully saturated rings. The summed E-state index contributed by atoms with van der Waals surface area (Å²) in [5.41, 5.74) is 4.42. The van der Waals surface area contributed by atoms with E-state index in [1.807, 2.05) is 31.2 Å². The van der Waals surface area contributed by atoms with Crippen LogP contribution in [0.5, 0.6) is 5.75 Å². The van der Waals surface area contributed by atoms with Crippen molar-refractivity contribution in [3.8, 4) is 16.9 Å². The topological polar surface area (TPSA) is 58.6 Å². The first-order valence-corrected chi connectivity index (χ1v) is 8.03. The summed E-state index contributed by atoms with van der Waals surface area (Å²) in [6.45, 7) is 2.58. The molecule has 4 heteroatoms. The van der Waals surface area contributed by atoms with Crippen LogP contribution in [0.15, 0.2) is 42.5 Å². The quantitative estimate of drug-likeness (QED) is 0.880. The molecular weight excluding hydrogens is 290 g/mol. The lowest BCUT2D eigenvalue weighted by Gasteiger charge is -2.26. The Morgan fingerprint density at radius 3 is 2.91 bits per heavy atom. The van der Waals surface area contributed by atoms with Gasteiger partial charge in [0.05, 0.1) is 12.6 Å². The van der Waals surface area contributed by atoms with Crippen molar-refractivity contribution in [2.45, 2.75) is 32.2 Å². The zero-order valence-corrected chi connectivity index (χ0v) is 13.2. The average molecular weight is 311 g/mol. The van der Waals surface area contributed by atoms with E-state index in [1.165, 1.54) is 5.56 Å². The van der Waals surface area contributed by atoms with Gasteiger partial charge in [-0.05, 0) is 55.0 Å². The number of amides is 1. The summed E-state index contributed by atoms with van der Waals surface area (Å²) < 4.78 is 5.72. The van der Waals surface area contributed by atoms with Crippen molar-refractivity contribution in [1.29, 1.82) is 0 Å². The van der Waals surface area contributed by atoms with E-state index in [1.54, 1.807) is 0 Å². The first kappa shape index (κ1) is 15.4. The summed E-state index contributed by atoms with van der Waals surface area (Å²) in [7, 11) is 0. The maximum absolute atomic E-state index is 11.0. The molecule has 0 aromatic heterocycles. The monoisotopic (exact) mass is 311 g/mol. The van der Waals surface area contributed by atoms with Gasteiger partial charge in [0.1, 0.15) is 5.75 Å². The Morgan fingerprint density at radius 1 is 1.30 bits per heavy atom. The standard InChI is InChI=1S/C19H21NO3/c1-2-23-18-9-4-3-7-15(18)14-11-10-13-6-5-8-17(16(13)12-14)20-19(21)22/h3-4,7,9-12,17,20H,2,5-6,8H2,1H3,(H,21,22)/t17-/m0/s1. The number of nitrogens with one attached hydrogen (secondary N) is 1. The molecule has 1 atom stereocenters. The van der Waals surface area contributed by atoms with Crippen molar-refractivity contribution in [3.63, 3.8) is 0 Å². The third-order valence-corrected chi connectivity index (χ3v) is 4.26. The van der Waals surface area contributed by atoms with Gasteiger partial charge in [0.25, 0.3) is 0 Å². The Kier molecular flexibility index (Phi) is 4.51. The molecule has 1 aliphatic carbocycles. The molecule has 4 nitrogen and oxygen atoms in total. The van der Waals surface area contributed by atoms with E-state index >= 15 is 0 Å². The van der Waals surface area contributed by atoms with Gasteiger partial charge in [-0.3, -0.25) is 0 Å². The molecule has 1 amide bonds. The number of rotatable bonds is 4. The minimum Gasteiger partial charge on any atom is -0.493 e. The second-order valence-corrected chi connectivity index (χ2v) is 5.74. The predicted octanol–water partition coefficient (Wildman–Crippen LogP) is 4.40. The van der Waals surface area contributed by atoms with Crippen LogP contribution in [-0.4, -0.2) is 17.8 Å². The van der Waals surface area contributed by atoms with Gasteiger partial charge >= 0.3 is 6.09 Å². The van der Waals surface area contributed by atoms with Crippen LogP contribution in [0.1, 0.15) is 36.9 Å². The van der Waals surface area contributed by atoms with Crippen LogP contribution in [0.3, 0.4) is 0 Å². The SMILES string of the molecule is CCOc1ccccc1-c1ccc2c(c1)[C@@H](NC(=O)O)CCC2. The second kappa shape index (κ2) is 6.73. The zero-order valence-electron chi connectivity index (χ0n) is 13.2. The lowest BCUT2D eigenvalue weighted by Crippen LogP contribution is -2.29. The number of fused-ring (bicyclic) bond motifs is 1. The van der Waals surface area contributed by atoms with Crippen LogP contribution in [0, 0.1) is 0 Å². The second-order valence-electron chi connectivity index (χ2n) is 5.74. The summed E-state index contributed by atoms with van der Waals surface area (Å²) in [6.07, 6.45) is 1.88. The highest BCUT2D eigenvalue weighted by atomic mass is 16.5. The summed E-state index contributed by atoms with van der Waals surface area (Å²) in [5, 5.41) is 11.7. The van der Waals surface area contributed by atoms with Crippen molar-refractivity contribution in [1.82, 2.24) is 5.32 Å². The molecule has 1 aliphatic rings. The fourth-order valence-electron chi connectivity index (χ4n) is 3.25. The third kappa shape index (κ3) is 3.31. The number of aryl methyl sites for hydroxylation is 1. The van der Waals surface area contributed by atoms with Crippen molar-refractivity contribution >= 4 is 6.09 Å². The molecule has 3 rings (SSSR count). The van der Waals surface area contributed by atoms with Gasteiger partial charge in [0.2, 0.25) is 0 Å². The van der Waals surface area contributed by atoms with Gasteiger partial charge < -0.3 is 15.2 Å². The fraction of sp³-hybridized carbons (Fsp3) is 0.316. The summed E-state index contributed by atoms with van der Waals surface area (Å²) in [4.78, 5) is 11.0. The molecule has 0 heterocycles. The summed E-state index contributed by atoms with van der Waals surface area (Å²) in [6, 6.07) is 14.1. The van der Waals surface area contributed by atoms with Crippen LogP contribution in [0.4, 0.5) is 4.79 Å². The maximum Gasteiger partial charge on any atom is 0.405 e. The zero-order chi connectivity index (χ0) is 16.2. The van der Waals surface area contributed by atoms with Gasteiger partial charge in [-0.15, -0.1) is 0 Å². The Morgan fingerprint density at radius 2 is 2.13 bits per heavy atom. The normalized spacial score (nSPS) is 16.5. The van der Waals surface area contributed by atoms with Crippen LogP contribution in [-0.2, 0) is 6.42 Å². The van der Waals surface area contributed by atoms with Crippen molar-refractivity contribution < 1.29 is 14.6 Å². The van der Waals surface area contributed by atoms with Crippen molar-refractivity contribution in [2.75, 3.05) is 6.61 Å². The minimum atomic E-state index is -0.969. The number of hydrogen-bond acceptors (Lipinski definition) is 2. The molecule has 2 N–H and O–H groups in total. The van der Waals surface area contributed by atoms with Gasteiger partial charge in [-0.25, -0.2) is 4.79 Å². The third-order valence-electron chi connectivity index (χ3n) is 4.26. The lowest BCUT2D eigenvalue weighted by molar-refractivity contribution is 0.188. The van der Waals surface area contributed by atoms with E-state index in [2.05, 4.69) is 23.5 Å². The molecule has 0 bridgehead atoms. The van der Waals surface area contributed by atoms with Crippen LogP contribution >= 0.6 is 0 Å². The molecule has 0 radical (unpaired) electrons. The fourth-order valence-corrected chi connectivity index (χ4v) is 3.25. The molecule has 120 valence electrons. The van der Waals surface area contributed by atoms with Crippen molar-refractivity contribution in [3.05, 3.63) is 53.6 Å². The molecule has 0 unspecified atom stereocenters. The van der Waals surface area contributed by atoms with Crippen LogP contribution in [0.25, 0.3) is 11.1 Å². The Balaban J connectivity index is 2.01. The van der Waals surface area contributed by atoms with E-state index in [0.29, 0.717) is 6.61 Å². The molecule has 0 aliphatic heterocycles. The number of para-hydroxylation sites is 1. The Bertz CT molecular complexity index is 712. The molecule has 0 spiro atoms. The first-order valence-electron chi connectivity index (χ1n) is 8.03. The highest BCUT2D eigenvalue weighted by molar-refractivity contribution is 5.72. The summed E-state index contributed by atoms with van der Waals surface area (Å²) >= 11 is 0.